The first-order valence-corrected chi connectivity index (χ1v) is 9.04. The molecule has 2 aromatic rings. The number of halogens is 2. The minimum Gasteiger partial charge on any atom is -0.369 e. The molecule has 0 bridgehead atoms. The van der Waals surface area contributed by atoms with Crippen LogP contribution in [-0.2, 0) is 0 Å². The van der Waals surface area contributed by atoms with Crippen molar-refractivity contribution in [3.05, 3.63) is 54.1 Å². The Morgan fingerprint density at radius 1 is 0.926 bits per heavy atom. The van der Waals surface area contributed by atoms with Crippen molar-refractivity contribution in [1.29, 1.82) is 0 Å². The highest BCUT2D eigenvalue weighted by Gasteiger charge is 2.43. The Morgan fingerprint density at radius 3 is 2.41 bits per heavy atom. The van der Waals surface area contributed by atoms with Gasteiger partial charge in [0.2, 0.25) is 11.9 Å². The predicted molar refractivity (Wildman–Crippen MR) is 103 cm³/mol. The van der Waals surface area contributed by atoms with Gasteiger partial charge in [0.25, 0.3) is 0 Å². The van der Waals surface area contributed by atoms with Gasteiger partial charge in [-0.2, -0.15) is 4.99 Å². The Bertz CT molecular complexity index is 932. The molecule has 1 heterocycles. The second-order valence-electron chi connectivity index (χ2n) is 6.96. The number of guanidine groups is 2. The maximum absolute atomic E-state index is 13.8. The third kappa shape index (κ3) is 3.03. The Hall–Kier alpha value is -2.96. The molecule has 1 fully saturated rings. The van der Waals surface area contributed by atoms with Crippen molar-refractivity contribution in [2.45, 2.75) is 37.8 Å². The van der Waals surface area contributed by atoms with E-state index in [0.717, 1.165) is 49.4 Å². The van der Waals surface area contributed by atoms with Gasteiger partial charge in [-0.3, -0.25) is 4.90 Å². The number of hydrogen-bond donors (Lipinski definition) is 2. The molecule has 2 aromatic carbocycles. The average Bonchev–Trinajstić information content (AvgIpc) is 2.64. The van der Waals surface area contributed by atoms with Crippen molar-refractivity contribution in [3.8, 4) is 11.1 Å². The molecule has 2 aliphatic rings. The molecule has 0 aromatic heterocycles. The molecular formula is C20H21F2N5. The summed E-state index contributed by atoms with van der Waals surface area (Å²) < 4.78 is 27.2. The van der Waals surface area contributed by atoms with Crippen LogP contribution in [0.15, 0.2) is 52.4 Å². The fourth-order valence-corrected chi connectivity index (χ4v) is 4.05. The molecule has 1 spiro atoms. The lowest BCUT2D eigenvalue weighted by Crippen LogP contribution is -2.58. The van der Waals surface area contributed by atoms with E-state index in [-0.39, 0.29) is 11.9 Å². The van der Waals surface area contributed by atoms with Crippen LogP contribution in [0, 0.1) is 11.6 Å². The van der Waals surface area contributed by atoms with E-state index >= 15 is 0 Å². The SMILES string of the molecule is NC1=NC2(CCCCC2)N(c2ccccc2-c2ccc(F)c(F)c2)C(N)=N1. The molecule has 0 radical (unpaired) electrons. The van der Waals surface area contributed by atoms with Crippen LogP contribution in [-0.4, -0.2) is 17.6 Å². The first kappa shape index (κ1) is 17.5. The molecule has 0 amide bonds. The molecule has 0 atom stereocenters. The highest BCUT2D eigenvalue weighted by molar-refractivity contribution is 6.07. The van der Waals surface area contributed by atoms with Crippen LogP contribution in [0.1, 0.15) is 32.1 Å². The second-order valence-corrected chi connectivity index (χ2v) is 6.96. The third-order valence-electron chi connectivity index (χ3n) is 5.23. The second kappa shape index (κ2) is 6.64. The van der Waals surface area contributed by atoms with Gasteiger partial charge in [0, 0.05) is 5.56 Å². The molecule has 140 valence electrons. The first-order valence-electron chi connectivity index (χ1n) is 9.04. The van der Waals surface area contributed by atoms with Gasteiger partial charge in [-0.05, 0) is 49.4 Å². The van der Waals surface area contributed by atoms with Crippen LogP contribution in [0.25, 0.3) is 11.1 Å². The van der Waals surface area contributed by atoms with E-state index in [2.05, 4.69) is 9.98 Å². The smallest absolute Gasteiger partial charge is 0.220 e. The number of nitrogens with zero attached hydrogens (tertiary/aromatic N) is 3. The van der Waals surface area contributed by atoms with E-state index in [1.54, 1.807) is 6.07 Å². The zero-order valence-electron chi connectivity index (χ0n) is 14.8. The molecule has 1 aliphatic carbocycles. The normalized spacial score (nSPS) is 19.0. The molecular weight excluding hydrogens is 348 g/mol. The van der Waals surface area contributed by atoms with Crippen LogP contribution < -0.4 is 16.4 Å². The first-order chi connectivity index (χ1) is 13.0. The number of rotatable bonds is 2. The standard InChI is InChI=1S/C20H21F2N5/c21-15-9-8-13(12-16(15)22)14-6-2-3-7-17(14)27-19(24)25-18(23)26-20(27)10-4-1-5-11-20/h2-3,6-9,12H,1,4-5,10-11H2,(H4,23,24,25,26). The van der Waals surface area contributed by atoms with Crippen LogP contribution in [0.5, 0.6) is 0 Å². The van der Waals surface area contributed by atoms with Gasteiger partial charge in [-0.25, -0.2) is 13.8 Å². The fourth-order valence-electron chi connectivity index (χ4n) is 4.05. The number of nitrogens with two attached hydrogens (primary N) is 2. The van der Waals surface area contributed by atoms with Gasteiger partial charge < -0.3 is 11.5 Å². The van der Waals surface area contributed by atoms with E-state index in [9.17, 15) is 8.78 Å². The predicted octanol–water partition coefficient (Wildman–Crippen LogP) is 3.74. The van der Waals surface area contributed by atoms with E-state index in [1.165, 1.54) is 6.07 Å². The van der Waals surface area contributed by atoms with E-state index in [1.807, 2.05) is 29.2 Å². The van der Waals surface area contributed by atoms with Gasteiger partial charge >= 0.3 is 0 Å². The molecule has 27 heavy (non-hydrogen) atoms. The van der Waals surface area contributed by atoms with Crippen molar-refractivity contribution >= 4 is 17.6 Å². The number of hydrogen-bond acceptors (Lipinski definition) is 5. The van der Waals surface area contributed by atoms with Crippen molar-refractivity contribution in [2.24, 2.45) is 21.5 Å². The van der Waals surface area contributed by atoms with E-state index in [0.29, 0.717) is 5.56 Å². The monoisotopic (exact) mass is 369 g/mol. The topological polar surface area (TPSA) is 80.0 Å². The van der Waals surface area contributed by atoms with Gasteiger partial charge in [0.15, 0.2) is 11.6 Å². The van der Waals surface area contributed by atoms with Gasteiger partial charge in [-0.15, -0.1) is 0 Å². The minimum absolute atomic E-state index is 0.177. The third-order valence-corrected chi connectivity index (χ3v) is 5.23. The molecule has 1 saturated carbocycles. The molecule has 1 aliphatic heterocycles. The lowest BCUT2D eigenvalue weighted by Gasteiger charge is -2.46. The summed E-state index contributed by atoms with van der Waals surface area (Å²) in [5.41, 5.74) is 13.7. The summed E-state index contributed by atoms with van der Waals surface area (Å²) in [5, 5.41) is 0. The summed E-state index contributed by atoms with van der Waals surface area (Å²) in [5.74, 6) is -1.33. The number of benzene rings is 2. The van der Waals surface area contributed by atoms with Crippen molar-refractivity contribution in [2.75, 3.05) is 4.90 Å². The fraction of sp³-hybridized carbons (Fsp3) is 0.300. The largest absolute Gasteiger partial charge is 0.369 e. The zero-order chi connectivity index (χ0) is 19.0. The molecule has 4 N–H and O–H groups in total. The van der Waals surface area contributed by atoms with Crippen LogP contribution in [0.3, 0.4) is 0 Å². The lowest BCUT2D eigenvalue weighted by atomic mass is 9.86. The van der Waals surface area contributed by atoms with Crippen molar-refractivity contribution in [3.63, 3.8) is 0 Å². The maximum atomic E-state index is 13.8. The Kier molecular flexibility index (Phi) is 4.30. The quantitative estimate of drug-likeness (QED) is 0.846. The van der Waals surface area contributed by atoms with Gasteiger partial charge in [0.05, 0.1) is 5.69 Å². The number of aliphatic imine (C=N–C) groups is 2. The van der Waals surface area contributed by atoms with Gasteiger partial charge in [0.1, 0.15) is 5.66 Å². The van der Waals surface area contributed by atoms with Crippen molar-refractivity contribution in [1.82, 2.24) is 0 Å². The molecule has 0 saturated heterocycles. The number of anilines is 1. The summed E-state index contributed by atoms with van der Waals surface area (Å²) in [4.78, 5) is 10.7. The highest BCUT2D eigenvalue weighted by Crippen LogP contribution is 2.42. The van der Waals surface area contributed by atoms with Crippen LogP contribution in [0.2, 0.25) is 0 Å². The molecule has 0 unspecified atom stereocenters. The minimum atomic E-state index is -0.891. The van der Waals surface area contributed by atoms with Crippen LogP contribution in [0.4, 0.5) is 14.5 Å². The lowest BCUT2D eigenvalue weighted by molar-refractivity contribution is 0.305. The van der Waals surface area contributed by atoms with Crippen molar-refractivity contribution < 1.29 is 8.78 Å². The Morgan fingerprint density at radius 2 is 1.67 bits per heavy atom. The summed E-state index contributed by atoms with van der Waals surface area (Å²) in [6.45, 7) is 0. The zero-order valence-corrected chi connectivity index (χ0v) is 14.8. The van der Waals surface area contributed by atoms with E-state index in [4.69, 9.17) is 11.5 Å². The molecule has 5 nitrogen and oxygen atoms in total. The summed E-state index contributed by atoms with van der Waals surface area (Å²) in [7, 11) is 0. The molecule has 7 heteroatoms. The molecule has 4 rings (SSSR count). The Balaban J connectivity index is 1.87. The maximum Gasteiger partial charge on any atom is 0.220 e. The van der Waals surface area contributed by atoms with Crippen LogP contribution >= 0.6 is 0 Å². The Labute approximate surface area is 156 Å². The van der Waals surface area contributed by atoms with Gasteiger partial charge in [-0.1, -0.05) is 30.7 Å². The average molecular weight is 369 g/mol. The summed E-state index contributed by atoms with van der Waals surface area (Å²) >= 11 is 0. The summed E-state index contributed by atoms with van der Waals surface area (Å²) in [6, 6.07) is 11.4. The highest BCUT2D eigenvalue weighted by atomic mass is 19.2. The summed E-state index contributed by atoms with van der Waals surface area (Å²) in [6.07, 6.45) is 4.75. The number of para-hydroxylation sites is 1. The van der Waals surface area contributed by atoms with E-state index < -0.39 is 17.3 Å².